The van der Waals surface area contributed by atoms with E-state index in [0.29, 0.717) is 11.6 Å². The number of likely N-dealkylation sites (N-methyl/N-ethyl adjacent to an activating group) is 1. The van der Waals surface area contributed by atoms with Crippen LogP contribution in [0.3, 0.4) is 0 Å². The van der Waals surface area contributed by atoms with Gasteiger partial charge in [-0.15, -0.1) is 0 Å². The van der Waals surface area contributed by atoms with Gasteiger partial charge in [-0.2, -0.15) is 0 Å². The first kappa shape index (κ1) is 20.9. The van der Waals surface area contributed by atoms with Crippen LogP contribution in [0.15, 0.2) is 36.8 Å². The third-order valence-electron chi connectivity index (χ3n) is 4.55. The van der Waals surface area contributed by atoms with Gasteiger partial charge in [-0.3, -0.25) is 10.1 Å². The zero-order valence-electron chi connectivity index (χ0n) is 15.5. The molecule has 1 aromatic heterocycles. The molecule has 1 heterocycles. The molecule has 0 aliphatic heterocycles. The van der Waals surface area contributed by atoms with Crippen LogP contribution in [0, 0.1) is 11.8 Å². The fourth-order valence-electron chi connectivity index (χ4n) is 3.53. The maximum Gasteiger partial charge on any atom is 0.331 e. The minimum atomic E-state index is -1.82. The maximum atomic E-state index is 12.4. The van der Waals surface area contributed by atoms with Gasteiger partial charge in [-0.25, -0.2) is 9.78 Å². The van der Waals surface area contributed by atoms with Crippen LogP contribution in [0.5, 0.6) is 0 Å². The van der Waals surface area contributed by atoms with E-state index < -0.39 is 29.3 Å². The number of benzene rings is 1. The fourth-order valence-corrected chi connectivity index (χ4v) is 3.75. The van der Waals surface area contributed by atoms with E-state index in [2.05, 4.69) is 10.3 Å². The molecule has 3 N–H and O–H groups in total. The Morgan fingerprint density at radius 1 is 1.33 bits per heavy atom. The second-order valence-electron chi connectivity index (χ2n) is 6.74. The molecule has 0 fully saturated rings. The van der Waals surface area contributed by atoms with Gasteiger partial charge in [0.25, 0.3) is 0 Å². The summed E-state index contributed by atoms with van der Waals surface area (Å²) in [5.74, 6) is -4.04. The van der Waals surface area contributed by atoms with E-state index in [0.717, 1.165) is 5.56 Å². The standard InChI is InChI=1S/C19H24ClN3O4/c1-4-22-19(18(26)27,16(12(2)3)17(24)25)15-9-21-11-23(15)10-13-6-5-7-14(20)8-13/h5-9,11-12,16,22H,4,10H2,1-3H3,(H,24,25)(H,26,27). The highest BCUT2D eigenvalue weighted by Gasteiger charge is 2.54. The number of aromatic nitrogens is 2. The van der Waals surface area contributed by atoms with Crippen molar-refractivity contribution >= 4 is 23.5 Å². The molecule has 0 aliphatic rings. The van der Waals surface area contributed by atoms with Gasteiger partial charge < -0.3 is 14.8 Å². The first-order chi connectivity index (χ1) is 12.7. The smallest absolute Gasteiger partial charge is 0.331 e. The number of rotatable bonds is 9. The minimum Gasteiger partial charge on any atom is -0.481 e. The van der Waals surface area contributed by atoms with E-state index in [1.54, 1.807) is 43.5 Å². The predicted octanol–water partition coefficient (Wildman–Crippen LogP) is 2.83. The molecule has 7 nitrogen and oxygen atoms in total. The second-order valence-corrected chi connectivity index (χ2v) is 7.18. The van der Waals surface area contributed by atoms with Crippen molar-refractivity contribution in [3.05, 3.63) is 53.1 Å². The molecular formula is C19H24ClN3O4. The topological polar surface area (TPSA) is 104 Å². The van der Waals surface area contributed by atoms with Gasteiger partial charge in [0.15, 0.2) is 5.54 Å². The van der Waals surface area contributed by atoms with E-state index in [9.17, 15) is 19.8 Å². The van der Waals surface area contributed by atoms with Crippen molar-refractivity contribution in [1.29, 1.82) is 0 Å². The molecule has 0 amide bonds. The number of halogens is 1. The second kappa shape index (κ2) is 8.54. The van der Waals surface area contributed by atoms with E-state index in [4.69, 9.17) is 11.6 Å². The monoisotopic (exact) mass is 393 g/mol. The molecule has 2 unspecified atom stereocenters. The van der Waals surface area contributed by atoms with E-state index >= 15 is 0 Å². The zero-order chi connectivity index (χ0) is 20.2. The molecule has 0 aliphatic carbocycles. The van der Waals surface area contributed by atoms with Crippen molar-refractivity contribution < 1.29 is 19.8 Å². The lowest BCUT2D eigenvalue weighted by molar-refractivity contribution is -0.161. The molecule has 0 saturated carbocycles. The van der Waals surface area contributed by atoms with E-state index in [1.165, 1.54) is 12.5 Å². The number of aliphatic carboxylic acids is 2. The highest BCUT2D eigenvalue weighted by Crippen LogP contribution is 2.36. The number of carbonyl (C=O) groups is 2. The van der Waals surface area contributed by atoms with Gasteiger partial charge in [0, 0.05) is 11.6 Å². The number of hydrogen-bond donors (Lipinski definition) is 3. The Morgan fingerprint density at radius 3 is 2.56 bits per heavy atom. The molecule has 0 bridgehead atoms. The summed E-state index contributed by atoms with van der Waals surface area (Å²) < 4.78 is 1.65. The maximum absolute atomic E-state index is 12.4. The molecule has 27 heavy (non-hydrogen) atoms. The molecule has 2 rings (SSSR count). The Kier molecular flexibility index (Phi) is 6.62. The Balaban J connectivity index is 2.62. The van der Waals surface area contributed by atoms with Gasteiger partial charge in [0.1, 0.15) is 0 Å². The number of nitrogens with one attached hydrogen (secondary N) is 1. The van der Waals surface area contributed by atoms with Crippen LogP contribution in [0.2, 0.25) is 5.02 Å². The number of nitrogens with zero attached hydrogens (tertiary/aromatic N) is 2. The summed E-state index contributed by atoms with van der Waals surface area (Å²) in [6.45, 7) is 5.75. The molecule has 0 saturated heterocycles. The van der Waals surface area contributed by atoms with Crippen molar-refractivity contribution in [3.8, 4) is 0 Å². The van der Waals surface area contributed by atoms with Crippen molar-refractivity contribution in [1.82, 2.24) is 14.9 Å². The number of imidazole rings is 1. The zero-order valence-corrected chi connectivity index (χ0v) is 16.3. The molecule has 146 valence electrons. The average molecular weight is 394 g/mol. The molecule has 1 aromatic carbocycles. The van der Waals surface area contributed by atoms with Gasteiger partial charge in [-0.1, -0.05) is 44.5 Å². The molecule has 0 radical (unpaired) electrons. The van der Waals surface area contributed by atoms with Crippen molar-refractivity contribution in [2.45, 2.75) is 32.9 Å². The Morgan fingerprint density at radius 2 is 2.04 bits per heavy atom. The highest BCUT2D eigenvalue weighted by molar-refractivity contribution is 6.30. The van der Waals surface area contributed by atoms with Crippen LogP contribution in [0.4, 0.5) is 0 Å². The van der Waals surface area contributed by atoms with Crippen molar-refractivity contribution in [2.24, 2.45) is 11.8 Å². The van der Waals surface area contributed by atoms with Gasteiger partial charge in [-0.05, 0) is 30.2 Å². The lowest BCUT2D eigenvalue weighted by Crippen LogP contribution is -2.59. The summed E-state index contributed by atoms with van der Waals surface area (Å²) in [6.07, 6.45) is 2.92. The summed E-state index contributed by atoms with van der Waals surface area (Å²) in [5.41, 5.74) is -0.670. The SMILES string of the molecule is CCNC(C(=O)O)(c1cncn1Cc1cccc(Cl)c1)C(C(=O)O)C(C)C. The van der Waals surface area contributed by atoms with Crippen LogP contribution >= 0.6 is 11.6 Å². The summed E-state index contributed by atoms with van der Waals surface area (Å²) in [7, 11) is 0. The van der Waals surface area contributed by atoms with Crippen LogP contribution in [0.1, 0.15) is 32.0 Å². The average Bonchev–Trinajstić information content (AvgIpc) is 3.01. The predicted molar refractivity (Wildman–Crippen MR) is 102 cm³/mol. The first-order valence-corrected chi connectivity index (χ1v) is 9.08. The molecule has 0 spiro atoms. The third-order valence-corrected chi connectivity index (χ3v) is 4.79. The quantitative estimate of drug-likeness (QED) is 0.605. The van der Waals surface area contributed by atoms with E-state index in [-0.39, 0.29) is 12.2 Å². The number of carboxylic acid groups (broad SMARTS) is 2. The number of hydrogen-bond acceptors (Lipinski definition) is 4. The highest BCUT2D eigenvalue weighted by atomic mass is 35.5. The lowest BCUT2D eigenvalue weighted by atomic mass is 9.74. The molecule has 2 atom stereocenters. The molecule has 8 heteroatoms. The Hall–Kier alpha value is -2.38. The summed E-state index contributed by atoms with van der Waals surface area (Å²) in [6, 6.07) is 7.19. The largest absolute Gasteiger partial charge is 0.481 e. The van der Waals surface area contributed by atoms with Crippen molar-refractivity contribution in [3.63, 3.8) is 0 Å². The minimum absolute atomic E-state index is 0.283. The van der Waals surface area contributed by atoms with Gasteiger partial charge in [0.2, 0.25) is 0 Å². The normalized spacial score (nSPS) is 14.7. The summed E-state index contributed by atoms with van der Waals surface area (Å²) in [4.78, 5) is 28.6. The lowest BCUT2D eigenvalue weighted by Gasteiger charge is -2.38. The summed E-state index contributed by atoms with van der Waals surface area (Å²) in [5, 5.41) is 23.5. The van der Waals surface area contributed by atoms with Gasteiger partial charge >= 0.3 is 11.9 Å². The van der Waals surface area contributed by atoms with Crippen LogP contribution in [-0.4, -0.2) is 38.2 Å². The van der Waals surface area contributed by atoms with Crippen LogP contribution in [-0.2, 0) is 21.7 Å². The number of carboxylic acids is 2. The summed E-state index contributed by atoms with van der Waals surface area (Å²) >= 11 is 6.04. The van der Waals surface area contributed by atoms with Crippen LogP contribution < -0.4 is 5.32 Å². The third kappa shape index (κ3) is 4.14. The molecular weight excluding hydrogens is 370 g/mol. The Bertz CT molecular complexity index is 821. The fraction of sp³-hybridized carbons (Fsp3) is 0.421. The van der Waals surface area contributed by atoms with Gasteiger partial charge in [0.05, 0.1) is 24.1 Å². The van der Waals surface area contributed by atoms with E-state index in [1.807, 2.05) is 6.07 Å². The van der Waals surface area contributed by atoms with Crippen molar-refractivity contribution in [2.75, 3.05) is 6.54 Å². The van der Waals surface area contributed by atoms with Crippen LogP contribution in [0.25, 0.3) is 0 Å². The molecule has 2 aromatic rings. The Labute approximate surface area is 163 Å². The first-order valence-electron chi connectivity index (χ1n) is 8.70.